The van der Waals surface area contributed by atoms with Crippen molar-refractivity contribution in [2.45, 2.75) is 32.4 Å². The third-order valence-electron chi connectivity index (χ3n) is 3.83. The molecule has 0 spiro atoms. The molecule has 23 heavy (non-hydrogen) atoms. The molecule has 1 unspecified atom stereocenters. The molecule has 0 amide bonds. The van der Waals surface area contributed by atoms with Gasteiger partial charge in [0.15, 0.2) is 9.84 Å². The predicted molar refractivity (Wildman–Crippen MR) is 93.1 cm³/mol. The largest absolute Gasteiger partial charge is 0.338 e. The van der Waals surface area contributed by atoms with Crippen LogP contribution in [-0.4, -0.2) is 47.6 Å². The van der Waals surface area contributed by atoms with E-state index in [1.165, 1.54) is 0 Å². The maximum absolute atomic E-state index is 11.7. The molecule has 2 aromatic rings. The number of halogens is 1. The molecule has 1 aliphatic rings. The van der Waals surface area contributed by atoms with Gasteiger partial charge in [0.05, 0.1) is 22.9 Å². The number of sulfone groups is 1. The van der Waals surface area contributed by atoms with Crippen LogP contribution in [0.1, 0.15) is 25.7 Å². The van der Waals surface area contributed by atoms with E-state index in [1.54, 1.807) is 11.3 Å². The SMILES string of the molecule is CCCN(Cc1nc(-c2cc(Br)cs2)no1)C1CCS(=O)(=O)C1. The molecule has 3 heterocycles. The van der Waals surface area contributed by atoms with Gasteiger partial charge in [-0.2, -0.15) is 4.98 Å². The Balaban J connectivity index is 1.72. The highest BCUT2D eigenvalue weighted by Gasteiger charge is 2.32. The smallest absolute Gasteiger partial charge is 0.241 e. The molecule has 1 saturated heterocycles. The lowest BCUT2D eigenvalue weighted by atomic mass is 10.2. The molecule has 0 radical (unpaired) electrons. The molecule has 0 N–H and O–H groups in total. The fourth-order valence-corrected chi connectivity index (χ4v) is 5.88. The molecule has 0 saturated carbocycles. The van der Waals surface area contributed by atoms with Crippen LogP contribution < -0.4 is 0 Å². The molecular formula is C14H18BrN3O3S2. The fraction of sp³-hybridized carbons (Fsp3) is 0.571. The zero-order valence-corrected chi connectivity index (χ0v) is 16.0. The van der Waals surface area contributed by atoms with E-state index in [1.807, 2.05) is 11.4 Å². The van der Waals surface area contributed by atoms with Crippen LogP contribution in [0.4, 0.5) is 0 Å². The Hall–Kier alpha value is -0.770. The van der Waals surface area contributed by atoms with E-state index in [-0.39, 0.29) is 17.5 Å². The van der Waals surface area contributed by atoms with E-state index in [9.17, 15) is 8.42 Å². The summed E-state index contributed by atoms with van der Waals surface area (Å²) in [5.74, 6) is 1.61. The van der Waals surface area contributed by atoms with Gasteiger partial charge in [0.1, 0.15) is 0 Å². The topological polar surface area (TPSA) is 76.3 Å². The van der Waals surface area contributed by atoms with Crippen LogP contribution in [0, 0.1) is 0 Å². The molecule has 0 aromatic carbocycles. The fourth-order valence-electron chi connectivity index (χ4n) is 2.76. The minimum absolute atomic E-state index is 0.0474. The number of nitrogens with zero attached hydrogens (tertiary/aromatic N) is 3. The molecule has 6 nitrogen and oxygen atoms in total. The Labute approximate surface area is 147 Å². The van der Waals surface area contributed by atoms with E-state index in [0.717, 1.165) is 22.3 Å². The van der Waals surface area contributed by atoms with Crippen LogP contribution in [0.25, 0.3) is 10.7 Å². The van der Waals surface area contributed by atoms with Crippen molar-refractivity contribution < 1.29 is 12.9 Å². The first-order valence-electron chi connectivity index (χ1n) is 7.48. The second-order valence-electron chi connectivity index (χ2n) is 5.67. The summed E-state index contributed by atoms with van der Waals surface area (Å²) in [5.41, 5.74) is 0. The third kappa shape index (κ3) is 4.20. The zero-order chi connectivity index (χ0) is 16.4. The Morgan fingerprint density at radius 3 is 2.96 bits per heavy atom. The van der Waals surface area contributed by atoms with Crippen LogP contribution in [-0.2, 0) is 16.4 Å². The minimum atomic E-state index is -2.90. The van der Waals surface area contributed by atoms with E-state index in [0.29, 0.717) is 24.7 Å². The average Bonchev–Trinajstić information content (AvgIpc) is 3.18. The lowest BCUT2D eigenvalue weighted by molar-refractivity contribution is 0.178. The first kappa shape index (κ1) is 17.1. The Morgan fingerprint density at radius 2 is 2.35 bits per heavy atom. The summed E-state index contributed by atoms with van der Waals surface area (Å²) < 4.78 is 29.8. The van der Waals surface area contributed by atoms with E-state index in [4.69, 9.17) is 4.52 Å². The van der Waals surface area contributed by atoms with E-state index < -0.39 is 9.84 Å². The summed E-state index contributed by atoms with van der Waals surface area (Å²) in [6.07, 6.45) is 1.64. The van der Waals surface area contributed by atoms with Gasteiger partial charge in [0, 0.05) is 15.9 Å². The van der Waals surface area contributed by atoms with Gasteiger partial charge in [-0.25, -0.2) is 8.42 Å². The molecule has 0 aliphatic carbocycles. The van der Waals surface area contributed by atoms with Crippen molar-refractivity contribution in [1.82, 2.24) is 15.0 Å². The highest BCUT2D eigenvalue weighted by molar-refractivity contribution is 9.10. The number of rotatable bonds is 6. The van der Waals surface area contributed by atoms with E-state index in [2.05, 4.69) is 37.9 Å². The van der Waals surface area contributed by atoms with Crippen molar-refractivity contribution in [3.05, 3.63) is 21.8 Å². The van der Waals surface area contributed by atoms with Crippen molar-refractivity contribution in [1.29, 1.82) is 0 Å². The summed E-state index contributed by atoms with van der Waals surface area (Å²) in [7, 11) is -2.90. The van der Waals surface area contributed by atoms with Crippen LogP contribution in [0.5, 0.6) is 0 Å². The summed E-state index contributed by atoms with van der Waals surface area (Å²) in [4.78, 5) is 7.53. The van der Waals surface area contributed by atoms with Crippen molar-refractivity contribution in [2.24, 2.45) is 0 Å². The van der Waals surface area contributed by atoms with Crippen molar-refractivity contribution in [3.63, 3.8) is 0 Å². The summed E-state index contributed by atoms with van der Waals surface area (Å²) in [6.45, 7) is 3.40. The van der Waals surface area contributed by atoms with Crippen molar-refractivity contribution in [3.8, 4) is 10.7 Å². The summed E-state index contributed by atoms with van der Waals surface area (Å²) >= 11 is 4.96. The zero-order valence-electron chi connectivity index (χ0n) is 12.7. The van der Waals surface area contributed by atoms with Gasteiger partial charge in [0.2, 0.25) is 11.7 Å². The highest BCUT2D eigenvalue weighted by Crippen LogP contribution is 2.28. The normalized spacial score (nSPS) is 20.4. The molecule has 1 atom stereocenters. The first-order valence-corrected chi connectivity index (χ1v) is 11.0. The quantitative estimate of drug-likeness (QED) is 0.715. The van der Waals surface area contributed by atoms with Gasteiger partial charge < -0.3 is 4.52 Å². The molecule has 1 fully saturated rings. The maximum Gasteiger partial charge on any atom is 0.241 e. The second kappa shape index (κ2) is 7.00. The number of hydrogen-bond donors (Lipinski definition) is 0. The highest BCUT2D eigenvalue weighted by atomic mass is 79.9. The van der Waals surface area contributed by atoms with Crippen molar-refractivity contribution >= 4 is 37.1 Å². The van der Waals surface area contributed by atoms with Crippen molar-refractivity contribution in [2.75, 3.05) is 18.1 Å². The minimum Gasteiger partial charge on any atom is -0.338 e. The van der Waals surface area contributed by atoms with Gasteiger partial charge in [-0.05, 0) is 41.4 Å². The second-order valence-corrected chi connectivity index (χ2v) is 9.72. The molecule has 2 aromatic heterocycles. The van der Waals surface area contributed by atoms with Gasteiger partial charge in [0.25, 0.3) is 0 Å². The Bertz CT molecular complexity index is 772. The number of aromatic nitrogens is 2. The number of thiophene rings is 1. The molecular weight excluding hydrogens is 402 g/mol. The van der Waals surface area contributed by atoms with Crippen LogP contribution >= 0.6 is 27.3 Å². The monoisotopic (exact) mass is 419 g/mol. The molecule has 126 valence electrons. The average molecular weight is 420 g/mol. The van der Waals surface area contributed by atoms with Crippen LogP contribution in [0.15, 0.2) is 20.4 Å². The maximum atomic E-state index is 11.7. The molecule has 9 heteroatoms. The van der Waals surface area contributed by atoms with Crippen LogP contribution in [0.3, 0.4) is 0 Å². The standard InChI is InChI=1S/C14H18BrN3O3S2/c1-2-4-18(11-3-5-23(19,20)9-11)7-13-16-14(17-21-13)12-6-10(15)8-22-12/h6,8,11H,2-5,7,9H2,1H3. The molecule has 1 aliphatic heterocycles. The van der Waals surface area contributed by atoms with Gasteiger partial charge in [-0.3, -0.25) is 4.90 Å². The third-order valence-corrected chi connectivity index (χ3v) is 7.27. The lowest BCUT2D eigenvalue weighted by Crippen LogP contribution is -2.36. The van der Waals surface area contributed by atoms with E-state index >= 15 is 0 Å². The predicted octanol–water partition coefficient (Wildman–Crippen LogP) is 2.96. The van der Waals surface area contributed by atoms with Gasteiger partial charge in [-0.1, -0.05) is 12.1 Å². The first-order chi connectivity index (χ1) is 11.0. The van der Waals surface area contributed by atoms with Crippen LogP contribution in [0.2, 0.25) is 0 Å². The Morgan fingerprint density at radius 1 is 1.52 bits per heavy atom. The Kier molecular flexibility index (Phi) is 5.19. The molecule has 3 rings (SSSR count). The molecule has 0 bridgehead atoms. The van der Waals surface area contributed by atoms with Gasteiger partial charge >= 0.3 is 0 Å². The summed E-state index contributed by atoms with van der Waals surface area (Å²) in [5, 5.41) is 6.00. The lowest BCUT2D eigenvalue weighted by Gasteiger charge is -2.25. The summed E-state index contributed by atoms with van der Waals surface area (Å²) in [6, 6.07) is 2.00. The van der Waals surface area contributed by atoms with Gasteiger partial charge in [-0.15, -0.1) is 11.3 Å². The number of hydrogen-bond acceptors (Lipinski definition) is 7.